The molecule has 2 aliphatic heterocycles. The van der Waals surface area contributed by atoms with Gasteiger partial charge in [0.15, 0.2) is 5.82 Å². The normalized spacial score (nSPS) is 17.4. The number of ether oxygens (including phenoxy) is 2. The lowest BCUT2D eigenvalue weighted by atomic mass is 9.86. The summed E-state index contributed by atoms with van der Waals surface area (Å²) in [6, 6.07) is 9.50. The van der Waals surface area contributed by atoms with Crippen LogP contribution in [0.1, 0.15) is 62.5 Å². The Morgan fingerprint density at radius 1 is 0.978 bits per heavy atom. The summed E-state index contributed by atoms with van der Waals surface area (Å²) in [6.07, 6.45) is 1.22. The summed E-state index contributed by atoms with van der Waals surface area (Å²) in [5.74, 6) is -0.263. The molecule has 1 atom stereocenters. The van der Waals surface area contributed by atoms with E-state index in [9.17, 15) is 14.4 Å². The summed E-state index contributed by atoms with van der Waals surface area (Å²) >= 11 is 0. The van der Waals surface area contributed by atoms with Gasteiger partial charge in [0.05, 0.1) is 12.6 Å². The maximum Gasteiger partial charge on any atom is 0.410 e. The van der Waals surface area contributed by atoms with Crippen LogP contribution in [0.5, 0.6) is 5.75 Å². The molecule has 0 bridgehead atoms. The maximum atomic E-state index is 16.3. The van der Waals surface area contributed by atoms with E-state index in [1.165, 1.54) is 4.90 Å². The number of nitrogens with zero attached hydrogens (tertiary/aromatic N) is 4. The van der Waals surface area contributed by atoms with Gasteiger partial charge in [-0.1, -0.05) is 0 Å². The summed E-state index contributed by atoms with van der Waals surface area (Å²) in [7, 11) is 4.92. The number of carbonyl (C=O) groups is 3. The van der Waals surface area contributed by atoms with E-state index in [2.05, 4.69) is 9.88 Å². The molecule has 2 saturated heterocycles. The Labute approximate surface area is 264 Å². The molecule has 2 aromatic carbocycles. The second-order valence-corrected chi connectivity index (χ2v) is 13.1. The van der Waals surface area contributed by atoms with Crippen LogP contribution in [0.3, 0.4) is 0 Å². The lowest BCUT2D eigenvalue weighted by Gasteiger charge is -2.37. The number of aromatic amines is 1. The van der Waals surface area contributed by atoms with Crippen molar-refractivity contribution in [3.05, 3.63) is 47.4 Å². The predicted octanol–water partition coefficient (Wildman–Crippen LogP) is 5.47. The first kappa shape index (κ1) is 32.1. The Morgan fingerprint density at radius 3 is 2.31 bits per heavy atom. The van der Waals surface area contributed by atoms with Crippen molar-refractivity contribution in [2.24, 2.45) is 0 Å². The van der Waals surface area contributed by atoms with Crippen molar-refractivity contribution in [1.82, 2.24) is 19.7 Å². The van der Waals surface area contributed by atoms with Crippen LogP contribution in [0.25, 0.3) is 22.0 Å². The zero-order valence-corrected chi connectivity index (χ0v) is 27.3. The molecule has 1 aromatic heterocycles. The number of piperazine rings is 1. The summed E-state index contributed by atoms with van der Waals surface area (Å²) in [5, 5.41) is 0.581. The van der Waals surface area contributed by atoms with Gasteiger partial charge < -0.3 is 34.1 Å². The molecular weight excluding hydrogens is 577 g/mol. The minimum atomic E-state index is -0.549. The lowest BCUT2D eigenvalue weighted by Crippen LogP contribution is -2.50. The van der Waals surface area contributed by atoms with Gasteiger partial charge in [-0.05, 0) is 69.0 Å². The molecule has 2 fully saturated rings. The van der Waals surface area contributed by atoms with E-state index in [0.717, 1.165) is 29.7 Å². The fourth-order valence-corrected chi connectivity index (χ4v) is 6.25. The minimum absolute atomic E-state index is 0.0238. The zero-order valence-electron chi connectivity index (χ0n) is 27.3. The largest absolute Gasteiger partial charge is 0.496 e. The molecule has 242 valence electrons. The van der Waals surface area contributed by atoms with Crippen molar-refractivity contribution in [2.75, 3.05) is 65.4 Å². The first-order chi connectivity index (χ1) is 21.3. The third kappa shape index (κ3) is 6.72. The van der Waals surface area contributed by atoms with Crippen LogP contribution in [-0.4, -0.2) is 104 Å². The monoisotopic (exact) mass is 621 g/mol. The minimum Gasteiger partial charge on any atom is -0.496 e. The average Bonchev–Trinajstić information content (AvgIpc) is 3.46. The standard InChI is InChI=1S/C34H44FN5O5/c1-21(41)40-12-8-9-22(20-40)25-18-26(27-19-28(32(42)37(5)6)36-31(27)30(25)35)24-11-10-23(17-29(24)44-7)38-13-15-39(16-14-38)33(43)45-34(2,3)4/h10-11,17-19,22,36H,8-9,12-16,20H2,1-7H3/t22-/m0/s1. The van der Waals surface area contributed by atoms with Gasteiger partial charge in [-0.25, -0.2) is 9.18 Å². The number of amides is 3. The van der Waals surface area contributed by atoms with Crippen molar-refractivity contribution in [3.63, 3.8) is 0 Å². The van der Waals surface area contributed by atoms with Crippen LogP contribution >= 0.6 is 0 Å². The SMILES string of the molecule is COc1cc(N2CCN(C(=O)OC(C)(C)C)CC2)ccc1-c1cc([C@H]2CCCN(C(C)=O)C2)c(F)c2[nH]c(C(=O)N(C)C)cc12. The van der Waals surface area contributed by atoms with Crippen LogP contribution < -0.4 is 9.64 Å². The highest BCUT2D eigenvalue weighted by Gasteiger charge is 2.30. The van der Waals surface area contributed by atoms with Gasteiger partial charge in [0, 0.05) is 88.9 Å². The smallest absolute Gasteiger partial charge is 0.410 e. The summed E-state index contributed by atoms with van der Waals surface area (Å²) in [6.45, 7) is 10.5. The average molecular weight is 622 g/mol. The third-order valence-corrected chi connectivity index (χ3v) is 8.60. The van der Waals surface area contributed by atoms with Crippen LogP contribution in [0.15, 0.2) is 30.3 Å². The number of carbonyl (C=O) groups excluding carboxylic acids is 3. The molecule has 10 nitrogen and oxygen atoms in total. The zero-order chi connectivity index (χ0) is 32.6. The van der Waals surface area contributed by atoms with Crippen LogP contribution in [0.2, 0.25) is 0 Å². The fourth-order valence-electron chi connectivity index (χ4n) is 6.25. The van der Waals surface area contributed by atoms with E-state index in [1.807, 2.05) is 45.0 Å². The van der Waals surface area contributed by atoms with Crippen LogP contribution in [0, 0.1) is 5.82 Å². The summed E-state index contributed by atoms with van der Waals surface area (Å²) in [4.78, 5) is 47.9. The van der Waals surface area contributed by atoms with E-state index in [1.54, 1.807) is 44.0 Å². The van der Waals surface area contributed by atoms with Crippen molar-refractivity contribution < 1.29 is 28.2 Å². The molecular formula is C34H44FN5O5. The topological polar surface area (TPSA) is 98.4 Å². The van der Waals surface area contributed by atoms with E-state index in [-0.39, 0.29) is 29.3 Å². The molecule has 11 heteroatoms. The number of rotatable bonds is 5. The highest BCUT2D eigenvalue weighted by atomic mass is 19.1. The first-order valence-corrected chi connectivity index (χ1v) is 15.5. The molecule has 0 aliphatic carbocycles. The quantitative estimate of drug-likeness (QED) is 0.406. The van der Waals surface area contributed by atoms with Gasteiger partial charge >= 0.3 is 6.09 Å². The maximum absolute atomic E-state index is 16.3. The van der Waals surface area contributed by atoms with Gasteiger partial charge in [-0.15, -0.1) is 0 Å². The predicted molar refractivity (Wildman–Crippen MR) is 173 cm³/mol. The highest BCUT2D eigenvalue weighted by Crippen LogP contribution is 2.42. The van der Waals surface area contributed by atoms with Gasteiger partial charge in [0.1, 0.15) is 17.0 Å². The number of benzene rings is 2. The van der Waals surface area contributed by atoms with E-state index < -0.39 is 11.4 Å². The Balaban J connectivity index is 1.52. The molecule has 0 radical (unpaired) electrons. The van der Waals surface area contributed by atoms with Gasteiger partial charge in [0.25, 0.3) is 5.91 Å². The number of anilines is 1. The number of halogens is 1. The fraction of sp³-hybridized carbons (Fsp3) is 0.500. The number of piperidine rings is 1. The van der Waals surface area contributed by atoms with Crippen molar-refractivity contribution in [3.8, 4) is 16.9 Å². The number of fused-ring (bicyclic) bond motifs is 1. The lowest BCUT2D eigenvalue weighted by molar-refractivity contribution is -0.130. The number of H-pyrrole nitrogens is 1. The Hall–Kier alpha value is -4.28. The van der Waals surface area contributed by atoms with Crippen LogP contribution in [0.4, 0.5) is 14.9 Å². The Morgan fingerprint density at radius 2 is 1.69 bits per heavy atom. The van der Waals surface area contributed by atoms with Crippen molar-refractivity contribution in [1.29, 1.82) is 0 Å². The molecule has 3 amide bonds. The molecule has 5 rings (SSSR count). The highest BCUT2D eigenvalue weighted by molar-refractivity contribution is 6.04. The molecule has 3 aromatic rings. The molecule has 2 aliphatic rings. The van der Waals surface area contributed by atoms with Crippen LogP contribution in [-0.2, 0) is 9.53 Å². The van der Waals surface area contributed by atoms with Gasteiger partial charge in [0.2, 0.25) is 5.91 Å². The number of aromatic nitrogens is 1. The number of likely N-dealkylation sites (tertiary alicyclic amines) is 1. The van der Waals surface area contributed by atoms with E-state index in [4.69, 9.17) is 9.47 Å². The number of hydrogen-bond acceptors (Lipinski definition) is 6. The third-order valence-electron chi connectivity index (χ3n) is 8.60. The second-order valence-electron chi connectivity index (χ2n) is 13.1. The first-order valence-electron chi connectivity index (χ1n) is 15.5. The summed E-state index contributed by atoms with van der Waals surface area (Å²) < 4.78 is 27.7. The number of hydrogen-bond donors (Lipinski definition) is 1. The van der Waals surface area contributed by atoms with Gasteiger partial charge in [-0.2, -0.15) is 0 Å². The summed E-state index contributed by atoms with van der Waals surface area (Å²) in [5.41, 5.74) is 2.97. The molecule has 1 N–H and O–H groups in total. The number of nitrogens with one attached hydrogen (secondary N) is 1. The second kappa shape index (κ2) is 12.6. The van der Waals surface area contributed by atoms with Gasteiger partial charge in [-0.3, -0.25) is 9.59 Å². The van der Waals surface area contributed by atoms with E-state index in [0.29, 0.717) is 61.7 Å². The molecule has 45 heavy (non-hydrogen) atoms. The van der Waals surface area contributed by atoms with Crippen molar-refractivity contribution in [2.45, 2.75) is 52.1 Å². The van der Waals surface area contributed by atoms with Crippen molar-refractivity contribution >= 4 is 34.5 Å². The molecule has 3 heterocycles. The molecule has 0 saturated carbocycles. The number of methoxy groups -OCH3 is 1. The Kier molecular flexibility index (Phi) is 9.00. The molecule has 0 unspecified atom stereocenters. The molecule has 0 spiro atoms. The Bertz CT molecular complexity index is 1600. The van der Waals surface area contributed by atoms with E-state index >= 15 is 4.39 Å².